The van der Waals surface area contributed by atoms with Crippen molar-refractivity contribution in [2.45, 2.75) is 64.7 Å². The van der Waals surface area contributed by atoms with Gasteiger partial charge in [-0.25, -0.2) is 8.78 Å². The Kier molecular flexibility index (Phi) is 12.5. The summed E-state index contributed by atoms with van der Waals surface area (Å²) >= 11 is 0. The molecule has 0 bridgehead atoms. The van der Waals surface area contributed by atoms with Gasteiger partial charge in [0.05, 0.1) is 0 Å². The Morgan fingerprint density at radius 2 is 1.27 bits per heavy atom. The van der Waals surface area contributed by atoms with Crippen LogP contribution < -0.4 is 0 Å². The largest absolute Gasteiger partial charge is 0.319 e. The van der Waals surface area contributed by atoms with E-state index in [-0.39, 0.29) is 12.8 Å². The molecule has 0 aromatic heterocycles. The van der Waals surface area contributed by atoms with Gasteiger partial charge in [0.2, 0.25) is 0 Å². The first-order valence-corrected chi connectivity index (χ1v) is 8.77. The number of carbonyl (C=O) groups is 2. The van der Waals surface area contributed by atoms with Gasteiger partial charge in [-0.05, 0) is 12.8 Å². The Balaban J connectivity index is 3.90. The lowest BCUT2D eigenvalue weighted by atomic mass is 10.1. The maximum Gasteiger partial charge on any atom is 0.319 e. The van der Waals surface area contributed by atoms with Crippen molar-refractivity contribution in [1.82, 2.24) is 0 Å². The van der Waals surface area contributed by atoms with Crippen LogP contribution >= 0.6 is 8.25 Å². The molecule has 0 heterocycles. The molecule has 0 radical (unpaired) electrons. The monoisotopic (exact) mass is 342 g/mol. The fourth-order valence-electron chi connectivity index (χ4n) is 1.57. The zero-order chi connectivity index (χ0) is 17.0. The third kappa shape index (κ3) is 10.1. The fourth-order valence-corrected chi connectivity index (χ4v) is 2.17. The number of ketones is 2. The van der Waals surface area contributed by atoms with Crippen LogP contribution in [0.3, 0.4) is 0 Å². The molecule has 0 saturated heterocycles. The SMILES string of the molecule is CCCC[C@H](F)C(=O)CO[PH](=O)OCC(=O)[C@@H](F)CCCC. The van der Waals surface area contributed by atoms with Crippen LogP contribution in [0.5, 0.6) is 0 Å². The van der Waals surface area contributed by atoms with Gasteiger partial charge in [-0.15, -0.1) is 0 Å². The highest BCUT2D eigenvalue weighted by atomic mass is 31.1. The molecule has 0 fully saturated rings. The molecule has 0 aromatic rings. The van der Waals surface area contributed by atoms with Crippen LogP contribution in [0.1, 0.15) is 52.4 Å². The van der Waals surface area contributed by atoms with E-state index in [0.29, 0.717) is 12.8 Å². The van der Waals surface area contributed by atoms with E-state index in [2.05, 4.69) is 9.05 Å². The number of rotatable bonds is 14. The first-order chi connectivity index (χ1) is 10.4. The Labute approximate surface area is 130 Å². The summed E-state index contributed by atoms with van der Waals surface area (Å²) in [4.78, 5) is 22.6. The van der Waals surface area contributed by atoms with Gasteiger partial charge in [0.1, 0.15) is 13.2 Å². The summed E-state index contributed by atoms with van der Waals surface area (Å²) in [5.41, 5.74) is 0. The predicted octanol–water partition coefficient (Wildman–Crippen LogP) is 3.60. The molecule has 0 aliphatic rings. The van der Waals surface area contributed by atoms with E-state index in [1.165, 1.54) is 0 Å². The van der Waals surface area contributed by atoms with E-state index in [0.717, 1.165) is 12.8 Å². The van der Waals surface area contributed by atoms with Gasteiger partial charge in [0.25, 0.3) is 0 Å². The molecule has 22 heavy (non-hydrogen) atoms. The smallest absolute Gasteiger partial charge is 0.303 e. The Bertz CT molecular complexity index is 333. The number of carbonyl (C=O) groups excluding carboxylic acids is 2. The lowest BCUT2D eigenvalue weighted by Crippen LogP contribution is -2.21. The van der Waals surface area contributed by atoms with Crippen LogP contribution in [0.25, 0.3) is 0 Å². The molecular formula is C14H25F2O5P. The average Bonchev–Trinajstić information content (AvgIpc) is 2.52. The van der Waals surface area contributed by atoms with Gasteiger partial charge in [-0.2, -0.15) is 0 Å². The molecule has 130 valence electrons. The molecule has 0 rings (SSSR count). The molecule has 8 heteroatoms. The molecule has 0 saturated carbocycles. The second-order valence-electron chi connectivity index (χ2n) is 4.98. The minimum absolute atomic E-state index is 0.0972. The first kappa shape index (κ1) is 21.4. The lowest BCUT2D eigenvalue weighted by Gasteiger charge is -2.09. The highest BCUT2D eigenvalue weighted by molar-refractivity contribution is 7.33. The maximum atomic E-state index is 13.3. The van der Waals surface area contributed by atoms with Crippen molar-refractivity contribution >= 4 is 19.8 Å². The quantitative estimate of drug-likeness (QED) is 0.451. The molecule has 0 aliphatic carbocycles. The number of halogens is 2. The molecule has 0 aromatic carbocycles. The maximum absolute atomic E-state index is 13.3. The summed E-state index contributed by atoms with van der Waals surface area (Å²) in [6.45, 7) is 2.39. The summed E-state index contributed by atoms with van der Waals surface area (Å²) in [5, 5.41) is 0. The summed E-state index contributed by atoms with van der Waals surface area (Å²) in [6.07, 6.45) is -0.440. The third-order valence-electron chi connectivity index (χ3n) is 2.99. The number of hydrogen-bond acceptors (Lipinski definition) is 5. The van der Waals surface area contributed by atoms with E-state index < -0.39 is 45.4 Å². The van der Waals surface area contributed by atoms with Crippen molar-refractivity contribution < 1.29 is 32.0 Å². The van der Waals surface area contributed by atoms with Crippen molar-refractivity contribution in [2.24, 2.45) is 0 Å². The Morgan fingerprint density at radius 3 is 1.59 bits per heavy atom. The fraction of sp³-hybridized carbons (Fsp3) is 0.857. The lowest BCUT2D eigenvalue weighted by molar-refractivity contribution is -0.126. The van der Waals surface area contributed by atoms with E-state index in [1.807, 2.05) is 13.8 Å². The Hall–Kier alpha value is -0.650. The van der Waals surface area contributed by atoms with E-state index >= 15 is 0 Å². The molecule has 5 nitrogen and oxygen atoms in total. The zero-order valence-electron chi connectivity index (χ0n) is 13.1. The topological polar surface area (TPSA) is 69.7 Å². The van der Waals surface area contributed by atoms with Gasteiger partial charge in [-0.1, -0.05) is 39.5 Å². The number of unbranched alkanes of at least 4 members (excludes halogenated alkanes) is 2. The zero-order valence-corrected chi connectivity index (χ0v) is 14.1. The van der Waals surface area contributed by atoms with Crippen molar-refractivity contribution in [3.8, 4) is 0 Å². The number of alkyl halides is 2. The molecular weight excluding hydrogens is 317 g/mol. The van der Waals surface area contributed by atoms with Crippen LogP contribution in [0.4, 0.5) is 8.78 Å². The second kappa shape index (κ2) is 12.9. The molecule has 2 atom stereocenters. The van der Waals surface area contributed by atoms with E-state index in [4.69, 9.17) is 0 Å². The van der Waals surface area contributed by atoms with Crippen molar-refractivity contribution in [3.05, 3.63) is 0 Å². The van der Waals surface area contributed by atoms with Gasteiger partial charge < -0.3 is 9.05 Å². The van der Waals surface area contributed by atoms with Crippen LogP contribution in [0.2, 0.25) is 0 Å². The number of hydrogen-bond donors (Lipinski definition) is 0. The Morgan fingerprint density at radius 1 is 0.909 bits per heavy atom. The van der Waals surface area contributed by atoms with Crippen LogP contribution in [-0.2, 0) is 23.2 Å². The number of Topliss-reactive ketones (excluding diaryl/α,β-unsaturated/α-hetero) is 2. The summed E-state index contributed by atoms with van der Waals surface area (Å²) < 4.78 is 47.1. The molecule has 0 spiro atoms. The van der Waals surface area contributed by atoms with Gasteiger partial charge in [0.15, 0.2) is 23.9 Å². The predicted molar refractivity (Wildman–Crippen MR) is 79.8 cm³/mol. The van der Waals surface area contributed by atoms with Crippen LogP contribution in [0.15, 0.2) is 0 Å². The summed E-state index contributed by atoms with van der Waals surface area (Å²) in [7, 11) is -3.11. The van der Waals surface area contributed by atoms with Gasteiger partial charge in [-0.3, -0.25) is 14.2 Å². The van der Waals surface area contributed by atoms with Gasteiger partial charge in [0, 0.05) is 0 Å². The molecule has 0 aliphatic heterocycles. The molecule has 0 N–H and O–H groups in total. The minimum Gasteiger partial charge on any atom is -0.303 e. The normalized spacial score (nSPS) is 14.0. The van der Waals surface area contributed by atoms with Crippen molar-refractivity contribution in [3.63, 3.8) is 0 Å². The summed E-state index contributed by atoms with van der Waals surface area (Å²) in [6, 6.07) is 0. The molecule has 0 amide bonds. The van der Waals surface area contributed by atoms with E-state index in [9.17, 15) is 22.9 Å². The highest BCUT2D eigenvalue weighted by Gasteiger charge is 2.20. The standard InChI is InChI=1S/C14H25F2O5P/c1-3-5-7-11(15)13(17)9-20-22(19)21-10-14(18)12(16)8-6-4-2/h11-12,22H,3-10H2,1-2H3/t11-,12-/m0/s1. The van der Waals surface area contributed by atoms with Crippen molar-refractivity contribution in [1.29, 1.82) is 0 Å². The first-order valence-electron chi connectivity index (χ1n) is 7.55. The van der Waals surface area contributed by atoms with E-state index in [1.54, 1.807) is 0 Å². The van der Waals surface area contributed by atoms with Gasteiger partial charge >= 0.3 is 8.25 Å². The highest BCUT2D eigenvalue weighted by Crippen LogP contribution is 2.24. The average molecular weight is 342 g/mol. The van der Waals surface area contributed by atoms with Crippen LogP contribution in [0, 0.1) is 0 Å². The summed E-state index contributed by atoms with van der Waals surface area (Å²) in [5.74, 6) is -1.62. The van der Waals surface area contributed by atoms with Crippen molar-refractivity contribution in [2.75, 3.05) is 13.2 Å². The molecule has 0 unspecified atom stereocenters. The minimum atomic E-state index is -3.11. The second-order valence-corrected chi connectivity index (χ2v) is 6.06. The van der Waals surface area contributed by atoms with Crippen LogP contribution in [-0.4, -0.2) is 37.1 Å². The third-order valence-corrected chi connectivity index (χ3v) is 3.75.